The predicted octanol–water partition coefficient (Wildman–Crippen LogP) is 7.23. The average Bonchev–Trinajstić information content (AvgIpc) is 2.56. The van der Waals surface area contributed by atoms with E-state index < -0.39 is 34.0 Å². The third kappa shape index (κ3) is 17.9. The van der Waals surface area contributed by atoms with E-state index in [1.165, 1.54) is 6.42 Å². The lowest BCUT2D eigenvalue weighted by molar-refractivity contribution is -0.139. The summed E-state index contributed by atoms with van der Waals surface area (Å²) >= 11 is 0. The topological polar surface area (TPSA) is 63.2 Å². The van der Waals surface area contributed by atoms with E-state index in [4.69, 9.17) is 21.5 Å². The molecule has 0 aromatic carbocycles. The molecular weight excluding hydrogens is 485 g/mol. The summed E-state index contributed by atoms with van der Waals surface area (Å²) in [7, 11) is -9.34. The standard InChI is InChI=1S/C23H52O6Si4/c1-13-14-15-18-22(19-16-17-20-25-23(24)21(2)3)26-33(27-30(4,5)6,28-31(7,8)9)29-32(10,11)12/h22H,2,13-20H2,1,3-12H3. The smallest absolute Gasteiger partial charge is 0.462 e. The monoisotopic (exact) mass is 536 g/mol. The van der Waals surface area contributed by atoms with Gasteiger partial charge >= 0.3 is 15.0 Å². The Balaban J connectivity index is 5.58. The average molecular weight is 537 g/mol. The van der Waals surface area contributed by atoms with E-state index in [0.29, 0.717) is 12.2 Å². The van der Waals surface area contributed by atoms with Gasteiger partial charge in [0.2, 0.25) is 0 Å². The molecule has 0 saturated carbocycles. The van der Waals surface area contributed by atoms with E-state index in [2.05, 4.69) is 72.4 Å². The van der Waals surface area contributed by atoms with Crippen molar-refractivity contribution in [3.8, 4) is 0 Å². The van der Waals surface area contributed by atoms with Crippen LogP contribution in [-0.4, -0.2) is 52.7 Å². The van der Waals surface area contributed by atoms with Crippen molar-refractivity contribution in [3.63, 3.8) is 0 Å². The number of unbranched alkanes of at least 4 members (excludes halogenated alkanes) is 3. The minimum absolute atomic E-state index is 0.00380. The van der Waals surface area contributed by atoms with Crippen LogP contribution in [0.5, 0.6) is 0 Å². The van der Waals surface area contributed by atoms with E-state index in [0.717, 1.165) is 38.5 Å². The maximum atomic E-state index is 11.6. The summed E-state index contributed by atoms with van der Waals surface area (Å²) in [4.78, 5) is 11.6. The Labute approximate surface area is 208 Å². The van der Waals surface area contributed by atoms with Gasteiger partial charge in [0.05, 0.1) is 12.7 Å². The Bertz CT molecular complexity index is 552. The van der Waals surface area contributed by atoms with E-state index in [-0.39, 0.29) is 12.1 Å². The predicted molar refractivity (Wildman–Crippen MR) is 148 cm³/mol. The van der Waals surface area contributed by atoms with Gasteiger partial charge in [-0.1, -0.05) is 32.8 Å². The summed E-state index contributed by atoms with van der Waals surface area (Å²) in [6.45, 7) is 27.4. The van der Waals surface area contributed by atoms with Crippen molar-refractivity contribution in [2.75, 3.05) is 6.61 Å². The molecule has 0 spiro atoms. The van der Waals surface area contributed by atoms with Crippen molar-refractivity contribution in [2.45, 2.75) is 124 Å². The van der Waals surface area contributed by atoms with Crippen molar-refractivity contribution in [3.05, 3.63) is 12.2 Å². The second-order valence-electron chi connectivity index (χ2n) is 11.8. The first kappa shape index (κ1) is 32.9. The molecule has 0 aliphatic heterocycles. The van der Waals surface area contributed by atoms with Gasteiger partial charge in [0.15, 0.2) is 25.0 Å². The van der Waals surface area contributed by atoms with Gasteiger partial charge in [-0.15, -0.1) is 0 Å². The lowest BCUT2D eigenvalue weighted by Gasteiger charge is -2.42. The van der Waals surface area contributed by atoms with Gasteiger partial charge in [-0.3, -0.25) is 0 Å². The zero-order valence-electron chi connectivity index (χ0n) is 23.4. The number of hydrogen-bond donors (Lipinski definition) is 0. The van der Waals surface area contributed by atoms with Gasteiger partial charge in [0.1, 0.15) is 0 Å². The van der Waals surface area contributed by atoms with Gasteiger partial charge in [-0.2, -0.15) is 0 Å². The molecule has 0 aromatic heterocycles. The Morgan fingerprint density at radius 3 is 1.55 bits per heavy atom. The van der Waals surface area contributed by atoms with Crippen LogP contribution >= 0.6 is 0 Å². The maximum absolute atomic E-state index is 11.6. The highest BCUT2D eigenvalue weighted by molar-refractivity contribution is 6.87. The number of ether oxygens (including phenoxy) is 1. The van der Waals surface area contributed by atoms with Crippen molar-refractivity contribution in [1.29, 1.82) is 0 Å². The molecule has 1 atom stereocenters. The molecule has 0 N–H and O–H groups in total. The quantitative estimate of drug-likeness (QED) is 0.0796. The molecular formula is C23H52O6Si4. The van der Waals surface area contributed by atoms with Crippen LogP contribution in [0.3, 0.4) is 0 Å². The summed E-state index contributed by atoms with van der Waals surface area (Å²) in [5, 5.41) is 0. The maximum Gasteiger partial charge on any atom is 0.647 e. The summed E-state index contributed by atoms with van der Waals surface area (Å²) in [6, 6.07) is 0. The van der Waals surface area contributed by atoms with Gasteiger partial charge in [-0.25, -0.2) is 4.79 Å². The Kier molecular flexibility index (Phi) is 14.4. The molecule has 1 unspecified atom stereocenters. The lowest BCUT2D eigenvalue weighted by atomic mass is 10.1. The zero-order valence-corrected chi connectivity index (χ0v) is 27.4. The van der Waals surface area contributed by atoms with Crippen molar-refractivity contribution >= 4 is 40.0 Å². The van der Waals surface area contributed by atoms with Crippen molar-refractivity contribution in [1.82, 2.24) is 0 Å². The third-order valence-corrected chi connectivity index (χ3v) is 15.2. The number of carbonyl (C=O) groups is 1. The summed E-state index contributed by atoms with van der Waals surface area (Å²) in [6.07, 6.45) is 6.94. The van der Waals surface area contributed by atoms with Crippen molar-refractivity contribution < 1.29 is 26.3 Å². The molecule has 0 rings (SSSR count). The Hall–Kier alpha value is -0.0825. The van der Waals surface area contributed by atoms with Crippen LogP contribution in [0, 0.1) is 0 Å². The number of esters is 1. The lowest BCUT2D eigenvalue weighted by Crippen LogP contribution is -2.63. The molecule has 0 heterocycles. The number of rotatable bonds is 18. The minimum atomic E-state index is -3.34. The Morgan fingerprint density at radius 2 is 1.18 bits per heavy atom. The highest BCUT2D eigenvalue weighted by Gasteiger charge is 2.54. The van der Waals surface area contributed by atoms with Crippen LogP contribution in [0.25, 0.3) is 0 Å². The summed E-state index contributed by atoms with van der Waals surface area (Å²) < 4.78 is 32.2. The molecule has 0 aliphatic rings. The fraction of sp³-hybridized carbons (Fsp3) is 0.870. The molecule has 0 aliphatic carbocycles. The van der Waals surface area contributed by atoms with Gasteiger partial charge < -0.3 is 21.5 Å². The van der Waals surface area contributed by atoms with Crippen LogP contribution in [0.4, 0.5) is 0 Å². The second-order valence-corrected chi connectivity index (χ2v) is 28.2. The highest BCUT2D eigenvalue weighted by Crippen LogP contribution is 2.30. The Morgan fingerprint density at radius 1 is 0.758 bits per heavy atom. The fourth-order valence-electron chi connectivity index (χ4n) is 3.11. The number of hydrogen-bond acceptors (Lipinski definition) is 6. The molecule has 0 amide bonds. The molecule has 0 aromatic rings. The fourth-order valence-corrected chi connectivity index (χ4v) is 15.0. The first-order valence-electron chi connectivity index (χ1n) is 12.5. The normalized spacial score (nSPS) is 14.3. The molecule has 0 radical (unpaired) electrons. The molecule has 6 nitrogen and oxygen atoms in total. The van der Waals surface area contributed by atoms with Gasteiger partial charge in [0, 0.05) is 5.57 Å². The second kappa shape index (κ2) is 14.5. The van der Waals surface area contributed by atoms with Crippen LogP contribution in [-0.2, 0) is 26.3 Å². The van der Waals surface area contributed by atoms with E-state index in [1.54, 1.807) is 6.92 Å². The van der Waals surface area contributed by atoms with E-state index in [1.807, 2.05) is 0 Å². The summed E-state index contributed by atoms with van der Waals surface area (Å²) in [5.41, 5.74) is 0.432. The highest BCUT2D eigenvalue weighted by atomic mass is 28.5. The molecule has 196 valence electrons. The van der Waals surface area contributed by atoms with Gasteiger partial charge in [0.25, 0.3) is 0 Å². The first-order chi connectivity index (χ1) is 14.9. The minimum Gasteiger partial charge on any atom is -0.462 e. The molecule has 33 heavy (non-hydrogen) atoms. The molecule has 0 saturated heterocycles. The zero-order chi connectivity index (χ0) is 25.9. The van der Waals surface area contributed by atoms with Crippen LogP contribution in [0.1, 0.15) is 58.8 Å². The molecule has 10 heteroatoms. The van der Waals surface area contributed by atoms with Crippen LogP contribution in [0.2, 0.25) is 58.9 Å². The first-order valence-corrected chi connectivity index (χ1v) is 24.3. The molecule has 0 bridgehead atoms. The molecule has 0 fully saturated rings. The largest absolute Gasteiger partial charge is 0.647 e. The van der Waals surface area contributed by atoms with Crippen LogP contribution < -0.4 is 0 Å². The van der Waals surface area contributed by atoms with E-state index >= 15 is 0 Å². The third-order valence-electron chi connectivity index (χ3n) is 4.24. The van der Waals surface area contributed by atoms with Crippen LogP contribution in [0.15, 0.2) is 12.2 Å². The van der Waals surface area contributed by atoms with Gasteiger partial charge in [-0.05, 0) is 91.5 Å². The van der Waals surface area contributed by atoms with E-state index in [9.17, 15) is 4.79 Å². The SMILES string of the molecule is C=C(C)C(=O)OCCCCC(CCCCC)O[Si](O[Si](C)(C)C)(O[Si](C)(C)C)O[Si](C)(C)C. The summed E-state index contributed by atoms with van der Waals surface area (Å²) in [5.74, 6) is -0.326. The number of carbonyl (C=O) groups excluding carboxylic acids is 1. The van der Waals surface area contributed by atoms with Crippen molar-refractivity contribution in [2.24, 2.45) is 0 Å².